The summed E-state index contributed by atoms with van der Waals surface area (Å²) >= 11 is 0. The summed E-state index contributed by atoms with van der Waals surface area (Å²) in [5.74, 6) is 2.30. The highest BCUT2D eigenvalue weighted by atomic mass is 16.5. The van der Waals surface area contributed by atoms with Crippen LogP contribution in [0.3, 0.4) is 0 Å². The Hall–Kier alpha value is -3.14. The van der Waals surface area contributed by atoms with Gasteiger partial charge in [0.25, 0.3) is 0 Å². The fourth-order valence-electron chi connectivity index (χ4n) is 2.07. The van der Waals surface area contributed by atoms with Gasteiger partial charge in [-0.2, -0.15) is 0 Å². The lowest BCUT2D eigenvalue weighted by atomic mass is 10.1. The third kappa shape index (κ3) is 3.95. The molecule has 114 valence electrons. The summed E-state index contributed by atoms with van der Waals surface area (Å²) < 4.78 is 11.4. The second-order valence-electron chi connectivity index (χ2n) is 4.83. The van der Waals surface area contributed by atoms with Crippen molar-refractivity contribution in [1.29, 1.82) is 0 Å². The second-order valence-corrected chi connectivity index (χ2v) is 4.83. The van der Waals surface area contributed by atoms with Gasteiger partial charge in [0.1, 0.15) is 11.5 Å². The van der Waals surface area contributed by atoms with Crippen LogP contribution in [-0.4, -0.2) is 10.2 Å². The van der Waals surface area contributed by atoms with Crippen molar-refractivity contribution in [3.05, 3.63) is 84.9 Å². The van der Waals surface area contributed by atoms with E-state index in [1.54, 1.807) is 12.1 Å². The first-order chi connectivity index (χ1) is 11.3. The molecule has 0 bridgehead atoms. The van der Waals surface area contributed by atoms with Crippen LogP contribution in [0.25, 0.3) is 0 Å². The fraction of sp³-hybridized carbons (Fsp3) is 0.0526. The fourth-order valence-corrected chi connectivity index (χ4v) is 2.07. The van der Waals surface area contributed by atoms with Crippen LogP contribution in [0.2, 0.25) is 0 Å². The van der Waals surface area contributed by atoms with Crippen molar-refractivity contribution in [2.75, 3.05) is 0 Å². The van der Waals surface area contributed by atoms with E-state index in [4.69, 9.17) is 9.47 Å². The van der Waals surface area contributed by atoms with Gasteiger partial charge in [-0.15, -0.1) is 16.8 Å². The Morgan fingerprint density at radius 3 is 2.13 bits per heavy atom. The SMILES string of the molecule is C=CCc1ccccc1Oc1ccc(Oc2ccccc2)nn1. The van der Waals surface area contributed by atoms with Gasteiger partial charge < -0.3 is 9.47 Å². The Balaban J connectivity index is 1.72. The summed E-state index contributed by atoms with van der Waals surface area (Å²) in [5, 5.41) is 8.08. The first kappa shape index (κ1) is 14.8. The third-order valence-corrected chi connectivity index (χ3v) is 3.13. The number of aromatic nitrogens is 2. The van der Waals surface area contributed by atoms with Crippen molar-refractivity contribution in [2.45, 2.75) is 6.42 Å². The lowest BCUT2D eigenvalue weighted by Crippen LogP contribution is -1.95. The van der Waals surface area contributed by atoms with Crippen LogP contribution in [0, 0.1) is 0 Å². The Morgan fingerprint density at radius 2 is 1.43 bits per heavy atom. The zero-order valence-electron chi connectivity index (χ0n) is 12.6. The molecule has 3 rings (SSSR count). The summed E-state index contributed by atoms with van der Waals surface area (Å²) in [6.07, 6.45) is 2.57. The molecule has 0 fully saturated rings. The number of nitrogens with zero attached hydrogens (tertiary/aromatic N) is 2. The monoisotopic (exact) mass is 304 g/mol. The maximum absolute atomic E-state index is 5.79. The Kier molecular flexibility index (Phi) is 4.64. The first-order valence-corrected chi connectivity index (χ1v) is 7.28. The molecular formula is C19H16N2O2. The van der Waals surface area contributed by atoms with Crippen molar-refractivity contribution in [3.8, 4) is 23.3 Å². The van der Waals surface area contributed by atoms with Crippen molar-refractivity contribution in [2.24, 2.45) is 0 Å². The summed E-state index contributed by atoms with van der Waals surface area (Å²) in [6, 6.07) is 20.7. The molecule has 4 nitrogen and oxygen atoms in total. The molecule has 1 aromatic heterocycles. The molecule has 23 heavy (non-hydrogen) atoms. The normalized spacial score (nSPS) is 10.1. The van der Waals surface area contributed by atoms with E-state index in [2.05, 4.69) is 16.8 Å². The zero-order valence-corrected chi connectivity index (χ0v) is 12.6. The predicted molar refractivity (Wildman–Crippen MR) is 89.0 cm³/mol. The van der Waals surface area contributed by atoms with Gasteiger partial charge >= 0.3 is 0 Å². The average molecular weight is 304 g/mol. The minimum atomic E-state index is 0.418. The molecule has 0 amide bonds. The molecule has 0 N–H and O–H groups in total. The summed E-state index contributed by atoms with van der Waals surface area (Å²) in [6.45, 7) is 3.76. The number of benzene rings is 2. The van der Waals surface area contributed by atoms with Crippen molar-refractivity contribution >= 4 is 0 Å². The van der Waals surface area contributed by atoms with Crippen molar-refractivity contribution in [3.63, 3.8) is 0 Å². The van der Waals surface area contributed by atoms with Crippen LogP contribution in [-0.2, 0) is 6.42 Å². The first-order valence-electron chi connectivity index (χ1n) is 7.28. The average Bonchev–Trinajstić information content (AvgIpc) is 2.60. The number of hydrogen-bond donors (Lipinski definition) is 0. The van der Waals surface area contributed by atoms with E-state index in [1.807, 2.05) is 60.7 Å². The standard InChI is InChI=1S/C19H16N2O2/c1-2-8-15-9-6-7-12-17(15)23-19-14-13-18(20-21-19)22-16-10-4-3-5-11-16/h2-7,9-14H,1,8H2. The van der Waals surface area contributed by atoms with Gasteiger partial charge in [0.2, 0.25) is 11.8 Å². The van der Waals surface area contributed by atoms with E-state index in [-0.39, 0.29) is 0 Å². The molecule has 2 aromatic carbocycles. The van der Waals surface area contributed by atoms with Crippen LogP contribution in [0.1, 0.15) is 5.56 Å². The van der Waals surface area contributed by atoms with E-state index in [1.165, 1.54) is 0 Å². The van der Waals surface area contributed by atoms with E-state index in [0.29, 0.717) is 17.5 Å². The van der Waals surface area contributed by atoms with E-state index >= 15 is 0 Å². The highest BCUT2D eigenvalue weighted by Crippen LogP contribution is 2.25. The summed E-state index contributed by atoms with van der Waals surface area (Å²) in [7, 11) is 0. The van der Waals surface area contributed by atoms with Crippen molar-refractivity contribution < 1.29 is 9.47 Å². The van der Waals surface area contributed by atoms with Gasteiger partial charge in [0.05, 0.1) is 0 Å². The van der Waals surface area contributed by atoms with Gasteiger partial charge in [-0.3, -0.25) is 0 Å². The third-order valence-electron chi connectivity index (χ3n) is 3.13. The molecule has 0 saturated heterocycles. The minimum Gasteiger partial charge on any atom is -0.438 e. The smallest absolute Gasteiger partial charge is 0.239 e. The number of ether oxygens (including phenoxy) is 2. The summed E-state index contributed by atoms with van der Waals surface area (Å²) in [5.41, 5.74) is 1.05. The molecule has 0 aliphatic carbocycles. The molecular weight excluding hydrogens is 288 g/mol. The molecule has 0 spiro atoms. The number of rotatable bonds is 6. The second kappa shape index (κ2) is 7.22. The van der Waals surface area contributed by atoms with Crippen LogP contribution in [0.4, 0.5) is 0 Å². The topological polar surface area (TPSA) is 44.2 Å². The minimum absolute atomic E-state index is 0.418. The molecule has 0 aliphatic rings. The molecule has 0 unspecified atom stereocenters. The van der Waals surface area contributed by atoms with Gasteiger partial charge in [-0.05, 0) is 30.2 Å². The molecule has 0 radical (unpaired) electrons. The van der Waals surface area contributed by atoms with Gasteiger partial charge in [0, 0.05) is 12.1 Å². The van der Waals surface area contributed by atoms with Gasteiger partial charge in [-0.1, -0.05) is 42.5 Å². The van der Waals surface area contributed by atoms with Crippen LogP contribution >= 0.6 is 0 Å². The Morgan fingerprint density at radius 1 is 0.783 bits per heavy atom. The molecule has 1 heterocycles. The Bertz CT molecular complexity index is 771. The number of hydrogen-bond acceptors (Lipinski definition) is 4. The van der Waals surface area contributed by atoms with E-state index in [9.17, 15) is 0 Å². The van der Waals surface area contributed by atoms with Gasteiger partial charge in [0.15, 0.2) is 0 Å². The zero-order chi connectivity index (χ0) is 15.9. The molecule has 0 atom stereocenters. The Labute approximate surface area is 135 Å². The van der Waals surface area contributed by atoms with Crippen LogP contribution in [0.15, 0.2) is 79.4 Å². The van der Waals surface area contributed by atoms with E-state index in [0.717, 1.165) is 17.7 Å². The lowest BCUT2D eigenvalue weighted by Gasteiger charge is -2.09. The maximum Gasteiger partial charge on any atom is 0.239 e. The summed E-state index contributed by atoms with van der Waals surface area (Å²) in [4.78, 5) is 0. The molecule has 0 saturated carbocycles. The van der Waals surface area contributed by atoms with Crippen LogP contribution in [0.5, 0.6) is 23.3 Å². The maximum atomic E-state index is 5.79. The molecule has 4 heteroatoms. The quantitative estimate of drug-likeness (QED) is 0.614. The van der Waals surface area contributed by atoms with Gasteiger partial charge in [-0.25, -0.2) is 0 Å². The predicted octanol–water partition coefficient (Wildman–Crippen LogP) is 4.79. The molecule has 3 aromatic rings. The molecule has 0 aliphatic heterocycles. The number of allylic oxidation sites excluding steroid dienone is 1. The largest absolute Gasteiger partial charge is 0.438 e. The lowest BCUT2D eigenvalue weighted by molar-refractivity contribution is 0.425. The van der Waals surface area contributed by atoms with E-state index < -0.39 is 0 Å². The highest BCUT2D eigenvalue weighted by molar-refractivity contribution is 5.37. The number of para-hydroxylation sites is 2. The van der Waals surface area contributed by atoms with Crippen molar-refractivity contribution in [1.82, 2.24) is 10.2 Å². The van der Waals surface area contributed by atoms with Crippen LogP contribution < -0.4 is 9.47 Å². The highest BCUT2D eigenvalue weighted by Gasteiger charge is 2.05.